The molecule has 1 atom stereocenters. The number of H-pyrrole nitrogens is 1. The van der Waals surface area contributed by atoms with Crippen LogP contribution in [0, 0.1) is 0 Å². The third-order valence-electron chi connectivity index (χ3n) is 3.39. The van der Waals surface area contributed by atoms with Crippen molar-refractivity contribution in [2.75, 3.05) is 38.1 Å². The van der Waals surface area contributed by atoms with E-state index in [9.17, 15) is 0 Å². The minimum atomic E-state index is 0.196. The molecule has 1 saturated heterocycles. The molecule has 1 aliphatic heterocycles. The zero-order valence-electron chi connectivity index (χ0n) is 11.0. The quantitative estimate of drug-likeness (QED) is 0.834. The molecule has 1 unspecified atom stereocenters. The van der Waals surface area contributed by atoms with Gasteiger partial charge in [0.1, 0.15) is 11.8 Å². The van der Waals surface area contributed by atoms with Gasteiger partial charge in [0.25, 0.3) is 0 Å². The maximum atomic E-state index is 5.75. The van der Waals surface area contributed by atoms with Crippen LogP contribution in [0.25, 0.3) is 11.2 Å². The number of aromatic amines is 1. The average Bonchev–Trinajstić information content (AvgIpc) is 2.94. The molecule has 0 spiro atoms. The summed E-state index contributed by atoms with van der Waals surface area (Å²) in [5, 5.41) is 3.31. The lowest BCUT2D eigenvalue weighted by molar-refractivity contribution is -0.0192. The van der Waals surface area contributed by atoms with E-state index in [0.717, 1.165) is 44.1 Å². The number of morpholine rings is 1. The number of aromatic nitrogens is 4. The van der Waals surface area contributed by atoms with Crippen LogP contribution in [0.5, 0.6) is 0 Å². The lowest BCUT2D eigenvalue weighted by Gasteiger charge is -2.32. The molecule has 0 radical (unpaired) electrons. The van der Waals surface area contributed by atoms with E-state index in [0.29, 0.717) is 5.65 Å². The van der Waals surface area contributed by atoms with Gasteiger partial charge in [-0.05, 0) is 6.54 Å². The number of nitrogens with one attached hydrogen (secondary N) is 2. The van der Waals surface area contributed by atoms with Crippen molar-refractivity contribution < 1.29 is 4.74 Å². The van der Waals surface area contributed by atoms with Crippen molar-refractivity contribution in [1.82, 2.24) is 24.8 Å². The van der Waals surface area contributed by atoms with E-state index in [4.69, 9.17) is 4.74 Å². The van der Waals surface area contributed by atoms with Gasteiger partial charge in [0.2, 0.25) is 0 Å². The summed E-state index contributed by atoms with van der Waals surface area (Å²) in [6, 6.07) is 0. The maximum absolute atomic E-state index is 5.75. The summed E-state index contributed by atoms with van der Waals surface area (Å²) >= 11 is 0. The number of rotatable bonds is 4. The highest BCUT2D eigenvalue weighted by atomic mass is 16.5. The van der Waals surface area contributed by atoms with Gasteiger partial charge in [0.05, 0.1) is 19.0 Å². The topological polar surface area (TPSA) is 79.0 Å². The summed E-state index contributed by atoms with van der Waals surface area (Å²) in [5.41, 5.74) is 1.52. The summed E-state index contributed by atoms with van der Waals surface area (Å²) in [7, 11) is 0. The van der Waals surface area contributed by atoms with Gasteiger partial charge in [-0.15, -0.1) is 0 Å². The molecule has 0 aromatic carbocycles. The maximum Gasteiger partial charge on any atom is 0.182 e. The molecule has 1 aliphatic rings. The standard InChI is InChI=1S/C12H18N6O/c1-2-18-3-4-19-9(6-18)5-13-11-10-12(15-7-14-10)17-8-16-11/h7-9H,2-6H2,1H3,(H2,13,14,15,16,17). The highest BCUT2D eigenvalue weighted by Crippen LogP contribution is 2.15. The SMILES string of the molecule is CCN1CCOC(CNc2ncnc3nc[nH]c23)C1. The number of ether oxygens (including phenoxy) is 1. The molecule has 2 N–H and O–H groups in total. The van der Waals surface area contributed by atoms with Gasteiger partial charge < -0.3 is 15.0 Å². The fourth-order valence-electron chi connectivity index (χ4n) is 2.30. The molecule has 3 heterocycles. The van der Waals surface area contributed by atoms with Crippen molar-refractivity contribution in [2.45, 2.75) is 13.0 Å². The van der Waals surface area contributed by atoms with Crippen LogP contribution in [0.2, 0.25) is 0 Å². The van der Waals surface area contributed by atoms with E-state index in [-0.39, 0.29) is 6.10 Å². The van der Waals surface area contributed by atoms with Crippen LogP contribution in [0.4, 0.5) is 5.82 Å². The number of hydrogen-bond donors (Lipinski definition) is 2. The Morgan fingerprint density at radius 3 is 3.32 bits per heavy atom. The molecule has 2 aromatic rings. The third kappa shape index (κ3) is 2.66. The van der Waals surface area contributed by atoms with Gasteiger partial charge in [-0.3, -0.25) is 4.90 Å². The molecular formula is C12H18N6O. The first-order chi connectivity index (χ1) is 9.36. The van der Waals surface area contributed by atoms with Crippen molar-refractivity contribution >= 4 is 17.0 Å². The Kier molecular flexibility index (Phi) is 3.56. The number of hydrogen-bond acceptors (Lipinski definition) is 6. The molecule has 102 valence electrons. The molecule has 2 aromatic heterocycles. The molecule has 1 fully saturated rings. The van der Waals surface area contributed by atoms with Crippen molar-refractivity contribution in [3.8, 4) is 0 Å². The van der Waals surface area contributed by atoms with Crippen LogP contribution >= 0.6 is 0 Å². The van der Waals surface area contributed by atoms with E-state index < -0.39 is 0 Å². The highest BCUT2D eigenvalue weighted by Gasteiger charge is 2.19. The lowest BCUT2D eigenvalue weighted by Crippen LogP contribution is -2.45. The Labute approximate surface area is 111 Å². The third-order valence-corrected chi connectivity index (χ3v) is 3.39. The van der Waals surface area contributed by atoms with Gasteiger partial charge in [0, 0.05) is 19.6 Å². The normalized spacial score (nSPS) is 20.8. The molecular weight excluding hydrogens is 244 g/mol. The van der Waals surface area contributed by atoms with E-state index >= 15 is 0 Å². The van der Waals surface area contributed by atoms with Crippen LogP contribution in [0.1, 0.15) is 6.92 Å². The fourth-order valence-corrected chi connectivity index (χ4v) is 2.30. The molecule has 0 saturated carbocycles. The average molecular weight is 262 g/mol. The predicted octanol–water partition coefficient (Wildman–Crippen LogP) is 0.485. The number of imidazole rings is 1. The van der Waals surface area contributed by atoms with Crippen molar-refractivity contribution in [2.24, 2.45) is 0 Å². The summed E-state index contributed by atoms with van der Waals surface area (Å²) in [5.74, 6) is 0.778. The van der Waals surface area contributed by atoms with Crippen LogP contribution in [0.15, 0.2) is 12.7 Å². The van der Waals surface area contributed by atoms with Gasteiger partial charge in [-0.25, -0.2) is 15.0 Å². The molecule has 0 amide bonds. The van der Waals surface area contributed by atoms with E-state index in [1.54, 1.807) is 6.33 Å². The largest absolute Gasteiger partial charge is 0.374 e. The Balaban J connectivity index is 1.64. The van der Waals surface area contributed by atoms with Gasteiger partial charge in [0.15, 0.2) is 11.5 Å². The Hall–Kier alpha value is -1.73. The minimum Gasteiger partial charge on any atom is -0.374 e. The Morgan fingerprint density at radius 1 is 1.47 bits per heavy atom. The predicted molar refractivity (Wildman–Crippen MR) is 72.0 cm³/mol. The smallest absolute Gasteiger partial charge is 0.182 e. The molecule has 7 heteroatoms. The van der Waals surface area contributed by atoms with Crippen molar-refractivity contribution in [3.63, 3.8) is 0 Å². The second-order valence-electron chi connectivity index (χ2n) is 4.59. The fraction of sp³-hybridized carbons (Fsp3) is 0.583. The Morgan fingerprint density at radius 2 is 2.42 bits per heavy atom. The number of fused-ring (bicyclic) bond motifs is 1. The number of nitrogens with zero attached hydrogens (tertiary/aromatic N) is 4. The Bertz CT molecular complexity index is 542. The monoisotopic (exact) mass is 262 g/mol. The summed E-state index contributed by atoms with van der Waals surface area (Å²) in [6.45, 7) is 6.75. The highest BCUT2D eigenvalue weighted by molar-refractivity contribution is 5.81. The first kappa shape index (κ1) is 12.3. The summed E-state index contributed by atoms with van der Waals surface area (Å²) < 4.78 is 5.75. The van der Waals surface area contributed by atoms with Crippen LogP contribution < -0.4 is 5.32 Å². The van der Waals surface area contributed by atoms with Crippen molar-refractivity contribution in [1.29, 1.82) is 0 Å². The van der Waals surface area contributed by atoms with Gasteiger partial charge in [-0.1, -0.05) is 6.92 Å². The number of likely N-dealkylation sites (N-methyl/N-ethyl adjacent to an activating group) is 1. The van der Waals surface area contributed by atoms with Crippen LogP contribution in [-0.4, -0.2) is 63.7 Å². The summed E-state index contributed by atoms with van der Waals surface area (Å²) in [6.07, 6.45) is 3.34. The zero-order valence-corrected chi connectivity index (χ0v) is 11.0. The first-order valence-corrected chi connectivity index (χ1v) is 6.58. The van der Waals surface area contributed by atoms with E-state index in [1.807, 2.05) is 0 Å². The van der Waals surface area contributed by atoms with Crippen LogP contribution in [-0.2, 0) is 4.74 Å². The molecule has 3 rings (SSSR count). The number of anilines is 1. The first-order valence-electron chi connectivity index (χ1n) is 6.58. The molecule has 0 aliphatic carbocycles. The lowest BCUT2D eigenvalue weighted by atomic mass is 10.2. The van der Waals surface area contributed by atoms with Gasteiger partial charge >= 0.3 is 0 Å². The molecule has 19 heavy (non-hydrogen) atoms. The van der Waals surface area contributed by atoms with Crippen LogP contribution in [0.3, 0.4) is 0 Å². The minimum absolute atomic E-state index is 0.196. The van der Waals surface area contributed by atoms with Crippen molar-refractivity contribution in [3.05, 3.63) is 12.7 Å². The zero-order chi connectivity index (χ0) is 13.1. The second kappa shape index (κ2) is 5.50. The summed E-state index contributed by atoms with van der Waals surface area (Å²) in [4.78, 5) is 17.9. The van der Waals surface area contributed by atoms with E-state index in [1.165, 1.54) is 6.33 Å². The van der Waals surface area contributed by atoms with E-state index in [2.05, 4.69) is 37.1 Å². The molecule has 0 bridgehead atoms. The second-order valence-corrected chi connectivity index (χ2v) is 4.59. The van der Waals surface area contributed by atoms with Gasteiger partial charge in [-0.2, -0.15) is 0 Å². The molecule has 7 nitrogen and oxygen atoms in total.